The van der Waals surface area contributed by atoms with E-state index in [2.05, 4.69) is 14.9 Å². The van der Waals surface area contributed by atoms with Gasteiger partial charge in [0, 0.05) is 11.6 Å². The molecule has 7 heteroatoms. The summed E-state index contributed by atoms with van der Waals surface area (Å²) in [5, 5.41) is 15.3. The third-order valence-corrected chi connectivity index (χ3v) is 5.59. The quantitative estimate of drug-likeness (QED) is 0.742. The SMILES string of the molecule is CCC(NS(=O)(=O)c1[nH]ncc1CO)C1CCCCC1. The molecular weight excluding hydrogens is 278 g/mol. The molecule has 0 aromatic carbocycles. The number of rotatable bonds is 6. The van der Waals surface area contributed by atoms with Crippen LogP contribution in [0.2, 0.25) is 0 Å². The molecule has 1 fully saturated rings. The molecule has 6 nitrogen and oxygen atoms in total. The lowest BCUT2D eigenvalue weighted by Gasteiger charge is -2.29. The zero-order valence-corrected chi connectivity index (χ0v) is 12.6. The number of aromatic nitrogens is 2. The zero-order valence-electron chi connectivity index (χ0n) is 11.8. The molecule has 0 spiro atoms. The number of aromatic amines is 1. The predicted octanol–water partition coefficient (Wildman–Crippen LogP) is 1.54. The third-order valence-electron chi connectivity index (χ3n) is 4.08. The predicted molar refractivity (Wildman–Crippen MR) is 75.5 cm³/mol. The Balaban J connectivity index is 2.13. The summed E-state index contributed by atoms with van der Waals surface area (Å²) in [5.74, 6) is 0.407. The Morgan fingerprint density at radius 3 is 2.75 bits per heavy atom. The molecule has 0 radical (unpaired) electrons. The maximum absolute atomic E-state index is 12.4. The van der Waals surface area contributed by atoms with E-state index in [1.165, 1.54) is 25.5 Å². The van der Waals surface area contributed by atoms with Crippen molar-refractivity contribution >= 4 is 10.0 Å². The third kappa shape index (κ3) is 3.39. The summed E-state index contributed by atoms with van der Waals surface area (Å²) in [6.45, 7) is 1.66. The number of nitrogens with one attached hydrogen (secondary N) is 2. The molecule has 1 aliphatic carbocycles. The highest BCUT2D eigenvalue weighted by atomic mass is 32.2. The van der Waals surface area contributed by atoms with E-state index >= 15 is 0 Å². The van der Waals surface area contributed by atoms with Gasteiger partial charge in [-0.3, -0.25) is 5.10 Å². The van der Waals surface area contributed by atoms with Crippen LogP contribution in [-0.4, -0.2) is 29.8 Å². The largest absolute Gasteiger partial charge is 0.392 e. The zero-order chi connectivity index (χ0) is 14.6. The molecule has 20 heavy (non-hydrogen) atoms. The van der Waals surface area contributed by atoms with Crippen LogP contribution < -0.4 is 4.72 Å². The topological polar surface area (TPSA) is 95.1 Å². The highest BCUT2D eigenvalue weighted by Gasteiger charge is 2.29. The molecule has 0 saturated heterocycles. The first-order chi connectivity index (χ1) is 9.58. The van der Waals surface area contributed by atoms with Crippen molar-refractivity contribution in [1.29, 1.82) is 0 Å². The molecule has 1 saturated carbocycles. The van der Waals surface area contributed by atoms with Gasteiger partial charge in [-0.15, -0.1) is 0 Å². The van der Waals surface area contributed by atoms with E-state index in [9.17, 15) is 8.42 Å². The number of aliphatic hydroxyl groups is 1. The van der Waals surface area contributed by atoms with Gasteiger partial charge >= 0.3 is 0 Å². The standard InChI is InChI=1S/C13H23N3O3S/c1-2-12(10-6-4-3-5-7-10)16-20(18,19)13-11(9-17)8-14-15-13/h8,10,12,16-17H,2-7,9H2,1H3,(H,14,15). The average Bonchev–Trinajstić information content (AvgIpc) is 2.95. The summed E-state index contributed by atoms with van der Waals surface area (Å²) >= 11 is 0. The fourth-order valence-electron chi connectivity index (χ4n) is 2.95. The Labute approximate surface area is 120 Å². The van der Waals surface area contributed by atoms with Gasteiger partial charge in [-0.05, 0) is 25.2 Å². The lowest BCUT2D eigenvalue weighted by molar-refractivity contribution is 0.277. The summed E-state index contributed by atoms with van der Waals surface area (Å²) in [5.41, 5.74) is 0.302. The number of hydrogen-bond donors (Lipinski definition) is 3. The maximum Gasteiger partial charge on any atom is 0.258 e. The van der Waals surface area contributed by atoms with E-state index in [4.69, 9.17) is 5.11 Å². The summed E-state index contributed by atoms with van der Waals surface area (Å²) in [4.78, 5) is 0. The molecule has 0 amide bonds. The second kappa shape index (κ2) is 6.69. The van der Waals surface area contributed by atoms with Crippen LogP contribution in [0, 0.1) is 5.92 Å². The summed E-state index contributed by atoms with van der Waals surface area (Å²) in [7, 11) is -3.65. The van der Waals surface area contributed by atoms with Crippen LogP contribution in [0.15, 0.2) is 11.2 Å². The first-order valence-corrected chi connectivity index (χ1v) is 8.72. The van der Waals surface area contributed by atoms with E-state index in [0.29, 0.717) is 11.5 Å². The van der Waals surface area contributed by atoms with Gasteiger partial charge in [0.25, 0.3) is 10.0 Å². The first-order valence-electron chi connectivity index (χ1n) is 7.24. The normalized spacial score (nSPS) is 19.1. The Hall–Kier alpha value is -0.920. The highest BCUT2D eigenvalue weighted by Crippen LogP contribution is 2.28. The van der Waals surface area contributed by atoms with E-state index in [1.807, 2.05) is 6.92 Å². The van der Waals surface area contributed by atoms with E-state index in [0.717, 1.165) is 19.3 Å². The van der Waals surface area contributed by atoms with Crippen LogP contribution in [0.5, 0.6) is 0 Å². The van der Waals surface area contributed by atoms with Crippen LogP contribution >= 0.6 is 0 Å². The van der Waals surface area contributed by atoms with Crippen molar-refractivity contribution in [3.05, 3.63) is 11.8 Å². The number of aliphatic hydroxyl groups excluding tert-OH is 1. The molecule has 0 bridgehead atoms. The monoisotopic (exact) mass is 301 g/mol. The Bertz CT molecular complexity index is 521. The van der Waals surface area contributed by atoms with Crippen molar-refractivity contribution in [3.63, 3.8) is 0 Å². The second-order valence-electron chi connectivity index (χ2n) is 5.42. The molecule has 1 atom stereocenters. The molecule has 2 rings (SSSR count). The highest BCUT2D eigenvalue weighted by molar-refractivity contribution is 7.89. The lowest BCUT2D eigenvalue weighted by atomic mass is 9.83. The summed E-state index contributed by atoms with van der Waals surface area (Å²) in [6.07, 6.45) is 7.87. The van der Waals surface area contributed by atoms with Crippen molar-refractivity contribution in [2.24, 2.45) is 5.92 Å². The number of hydrogen-bond acceptors (Lipinski definition) is 4. The minimum absolute atomic E-state index is 0.0192. The van der Waals surface area contributed by atoms with Gasteiger partial charge in [-0.25, -0.2) is 13.1 Å². The van der Waals surface area contributed by atoms with Gasteiger partial charge in [0.15, 0.2) is 5.03 Å². The number of H-pyrrole nitrogens is 1. The van der Waals surface area contributed by atoms with Crippen LogP contribution in [0.25, 0.3) is 0 Å². The van der Waals surface area contributed by atoms with Gasteiger partial charge in [0.05, 0.1) is 12.8 Å². The van der Waals surface area contributed by atoms with Crippen molar-refractivity contribution in [1.82, 2.24) is 14.9 Å². The summed E-state index contributed by atoms with van der Waals surface area (Å²) < 4.78 is 27.6. The van der Waals surface area contributed by atoms with Crippen molar-refractivity contribution in [3.8, 4) is 0 Å². The fraction of sp³-hybridized carbons (Fsp3) is 0.769. The molecule has 1 heterocycles. The molecule has 0 aliphatic heterocycles. The smallest absolute Gasteiger partial charge is 0.258 e. The van der Waals surface area contributed by atoms with Gasteiger partial charge in [0.1, 0.15) is 0 Å². The van der Waals surface area contributed by atoms with Crippen molar-refractivity contribution < 1.29 is 13.5 Å². The maximum atomic E-state index is 12.4. The van der Waals surface area contributed by atoms with Crippen molar-refractivity contribution in [2.45, 2.75) is 63.1 Å². The lowest BCUT2D eigenvalue weighted by Crippen LogP contribution is -2.41. The Kier molecular flexibility index (Phi) is 5.17. The van der Waals surface area contributed by atoms with Gasteiger partial charge in [-0.2, -0.15) is 5.10 Å². The second-order valence-corrected chi connectivity index (χ2v) is 7.07. The van der Waals surface area contributed by atoms with Crippen LogP contribution in [-0.2, 0) is 16.6 Å². The van der Waals surface area contributed by atoms with Gasteiger partial charge in [0.2, 0.25) is 0 Å². The molecular formula is C13H23N3O3S. The fourth-order valence-corrected chi connectivity index (χ4v) is 4.46. The number of nitrogens with zero attached hydrogens (tertiary/aromatic N) is 1. The Morgan fingerprint density at radius 1 is 1.45 bits per heavy atom. The van der Waals surface area contributed by atoms with Gasteiger partial charge < -0.3 is 5.11 Å². The van der Waals surface area contributed by atoms with E-state index in [-0.39, 0.29) is 17.7 Å². The molecule has 1 aromatic rings. The van der Waals surface area contributed by atoms with E-state index < -0.39 is 10.0 Å². The molecule has 114 valence electrons. The van der Waals surface area contributed by atoms with Crippen LogP contribution in [0.4, 0.5) is 0 Å². The van der Waals surface area contributed by atoms with Crippen molar-refractivity contribution in [2.75, 3.05) is 0 Å². The summed E-state index contributed by atoms with van der Waals surface area (Å²) in [6, 6.07) is -0.0462. The average molecular weight is 301 g/mol. The Morgan fingerprint density at radius 2 is 2.15 bits per heavy atom. The number of sulfonamides is 1. The van der Waals surface area contributed by atoms with Crippen LogP contribution in [0.3, 0.4) is 0 Å². The first kappa shape index (κ1) is 15.5. The molecule has 1 aromatic heterocycles. The van der Waals surface area contributed by atoms with Crippen LogP contribution in [0.1, 0.15) is 51.0 Å². The minimum atomic E-state index is -3.65. The molecule has 3 N–H and O–H groups in total. The minimum Gasteiger partial charge on any atom is -0.392 e. The molecule has 1 aliphatic rings. The van der Waals surface area contributed by atoms with Gasteiger partial charge in [-0.1, -0.05) is 26.2 Å². The molecule has 1 unspecified atom stereocenters. The van der Waals surface area contributed by atoms with E-state index in [1.54, 1.807) is 0 Å².